The second-order valence-electron chi connectivity index (χ2n) is 7.76. The Hall–Kier alpha value is -3.28. The molecule has 7 nitrogen and oxygen atoms in total. The summed E-state index contributed by atoms with van der Waals surface area (Å²) in [6, 6.07) is 8.11. The number of anilines is 3. The van der Waals surface area contributed by atoms with Crippen molar-refractivity contribution in [3.05, 3.63) is 54.0 Å². The van der Waals surface area contributed by atoms with Crippen LogP contribution in [-0.2, 0) is 16.0 Å². The molecule has 0 unspecified atom stereocenters. The number of benzene rings is 1. The largest absolute Gasteiger partial charge is 0.433 e. The zero-order valence-corrected chi connectivity index (χ0v) is 18.1. The number of sulfone groups is 1. The number of alkyl halides is 3. The molecule has 1 aromatic carbocycles. The van der Waals surface area contributed by atoms with Crippen LogP contribution in [0.5, 0.6) is 0 Å². The second-order valence-corrected chi connectivity index (χ2v) is 9.78. The lowest BCUT2D eigenvalue weighted by molar-refractivity contribution is -0.141. The van der Waals surface area contributed by atoms with Crippen LogP contribution in [0.2, 0.25) is 0 Å². The SMILES string of the molecule is CS(=O)(=O)c1cc(F)cc(Nc2cc(NCC3CC3)nc(-c3cccc(C(F)(F)F)n3)n2)c1. The van der Waals surface area contributed by atoms with Crippen molar-refractivity contribution in [3.63, 3.8) is 0 Å². The standard InChI is InChI=1S/C21H19F4N5O2S/c1-33(31,32)15-8-13(22)7-14(9-15)27-19-10-18(26-11-12-5-6-12)29-20(30-19)16-3-2-4-17(28-16)21(23,24)25/h2-4,7-10,12H,5-6,11H2,1H3,(H2,26,27,29,30). The molecule has 1 fully saturated rings. The third kappa shape index (κ3) is 5.95. The Bertz CT molecular complexity index is 1290. The number of rotatable bonds is 7. The highest BCUT2D eigenvalue weighted by Crippen LogP contribution is 2.31. The van der Waals surface area contributed by atoms with Gasteiger partial charge < -0.3 is 10.6 Å². The molecule has 174 valence electrons. The van der Waals surface area contributed by atoms with Crippen LogP contribution in [-0.4, -0.2) is 36.2 Å². The summed E-state index contributed by atoms with van der Waals surface area (Å²) in [4.78, 5) is 11.9. The molecule has 0 saturated heterocycles. The molecule has 2 aromatic heterocycles. The van der Waals surface area contributed by atoms with E-state index in [1.165, 1.54) is 24.3 Å². The van der Waals surface area contributed by atoms with Gasteiger partial charge in [0.2, 0.25) is 0 Å². The molecule has 3 aromatic rings. The number of halogens is 4. The van der Waals surface area contributed by atoms with Gasteiger partial charge in [-0.15, -0.1) is 0 Å². The number of nitrogens with zero attached hydrogens (tertiary/aromatic N) is 3. The summed E-state index contributed by atoms with van der Waals surface area (Å²) in [5.41, 5.74) is -1.08. The monoisotopic (exact) mass is 481 g/mol. The Morgan fingerprint density at radius 1 is 1.03 bits per heavy atom. The van der Waals surface area contributed by atoms with Gasteiger partial charge in [0.1, 0.15) is 28.8 Å². The summed E-state index contributed by atoms with van der Waals surface area (Å²) >= 11 is 0. The number of aromatic nitrogens is 3. The second kappa shape index (κ2) is 8.58. The number of hydrogen-bond donors (Lipinski definition) is 2. The van der Waals surface area contributed by atoms with E-state index in [4.69, 9.17) is 0 Å². The van der Waals surface area contributed by atoms with Crippen LogP contribution in [0.15, 0.2) is 47.4 Å². The fraction of sp³-hybridized carbons (Fsp3) is 0.286. The minimum atomic E-state index is -4.64. The quantitative estimate of drug-likeness (QED) is 0.474. The summed E-state index contributed by atoms with van der Waals surface area (Å²) in [6.45, 7) is 0.629. The zero-order chi connectivity index (χ0) is 23.8. The van der Waals surface area contributed by atoms with Gasteiger partial charge >= 0.3 is 6.18 Å². The van der Waals surface area contributed by atoms with E-state index in [0.29, 0.717) is 18.3 Å². The first-order valence-corrected chi connectivity index (χ1v) is 11.8. The Morgan fingerprint density at radius 2 is 1.76 bits per heavy atom. The van der Waals surface area contributed by atoms with Crippen molar-refractivity contribution in [1.82, 2.24) is 15.0 Å². The van der Waals surface area contributed by atoms with Gasteiger partial charge in [-0.3, -0.25) is 0 Å². The van der Waals surface area contributed by atoms with Crippen molar-refractivity contribution in [2.75, 3.05) is 23.4 Å². The van der Waals surface area contributed by atoms with E-state index in [1.54, 1.807) is 0 Å². The van der Waals surface area contributed by atoms with Gasteiger partial charge in [-0.25, -0.2) is 27.8 Å². The highest BCUT2D eigenvalue weighted by molar-refractivity contribution is 7.90. The molecule has 2 heterocycles. The molecule has 1 aliphatic rings. The first-order chi connectivity index (χ1) is 15.5. The lowest BCUT2D eigenvalue weighted by Gasteiger charge is -2.13. The van der Waals surface area contributed by atoms with Gasteiger partial charge in [-0.2, -0.15) is 13.2 Å². The van der Waals surface area contributed by atoms with E-state index >= 15 is 0 Å². The van der Waals surface area contributed by atoms with Crippen LogP contribution in [0, 0.1) is 11.7 Å². The Kier molecular flexibility index (Phi) is 5.95. The summed E-state index contributed by atoms with van der Waals surface area (Å²) < 4.78 is 76.9. The van der Waals surface area contributed by atoms with E-state index in [0.717, 1.165) is 37.3 Å². The molecule has 0 radical (unpaired) electrons. The molecule has 12 heteroatoms. The lowest BCUT2D eigenvalue weighted by atomic mass is 10.2. The fourth-order valence-corrected chi connectivity index (χ4v) is 3.67. The maximum absolute atomic E-state index is 14.0. The smallest absolute Gasteiger partial charge is 0.370 e. The van der Waals surface area contributed by atoms with E-state index in [1.807, 2.05) is 0 Å². The average molecular weight is 481 g/mol. The third-order valence-corrected chi connectivity index (χ3v) is 5.93. The molecule has 0 amide bonds. The van der Waals surface area contributed by atoms with Crippen LogP contribution < -0.4 is 10.6 Å². The zero-order valence-electron chi connectivity index (χ0n) is 17.3. The first kappa shape index (κ1) is 22.9. The van der Waals surface area contributed by atoms with Crippen LogP contribution >= 0.6 is 0 Å². The van der Waals surface area contributed by atoms with E-state index in [9.17, 15) is 26.0 Å². The van der Waals surface area contributed by atoms with Crippen LogP contribution in [0.1, 0.15) is 18.5 Å². The molecule has 0 aliphatic heterocycles. The summed E-state index contributed by atoms with van der Waals surface area (Å²) in [5, 5.41) is 5.93. The van der Waals surface area contributed by atoms with Gasteiger partial charge in [0.25, 0.3) is 0 Å². The minimum Gasteiger partial charge on any atom is -0.370 e. The third-order valence-electron chi connectivity index (χ3n) is 4.84. The summed E-state index contributed by atoms with van der Waals surface area (Å²) in [7, 11) is -3.67. The predicted octanol–water partition coefficient (Wildman–Crippen LogP) is 4.67. The highest BCUT2D eigenvalue weighted by atomic mass is 32.2. The predicted molar refractivity (Wildman–Crippen MR) is 114 cm³/mol. The Morgan fingerprint density at radius 3 is 2.42 bits per heavy atom. The Labute approximate surface area is 187 Å². The normalized spacial score (nSPS) is 14.2. The summed E-state index contributed by atoms with van der Waals surface area (Å²) in [6.07, 6.45) is -1.54. The molecule has 0 spiro atoms. The van der Waals surface area contributed by atoms with E-state index in [2.05, 4.69) is 25.6 Å². The maximum atomic E-state index is 14.0. The van der Waals surface area contributed by atoms with Crippen molar-refractivity contribution in [1.29, 1.82) is 0 Å². The van der Waals surface area contributed by atoms with Crippen molar-refractivity contribution in [3.8, 4) is 11.5 Å². The van der Waals surface area contributed by atoms with Gasteiger partial charge in [0.15, 0.2) is 15.7 Å². The maximum Gasteiger partial charge on any atom is 0.433 e. The van der Waals surface area contributed by atoms with Crippen molar-refractivity contribution < 1.29 is 26.0 Å². The molecular weight excluding hydrogens is 462 g/mol. The molecule has 1 aliphatic carbocycles. The van der Waals surface area contributed by atoms with E-state index < -0.39 is 27.5 Å². The van der Waals surface area contributed by atoms with Crippen LogP contribution in [0.3, 0.4) is 0 Å². The molecule has 0 atom stereocenters. The van der Waals surface area contributed by atoms with Crippen LogP contribution in [0.25, 0.3) is 11.5 Å². The number of pyridine rings is 1. The van der Waals surface area contributed by atoms with Gasteiger partial charge in [-0.05, 0) is 49.1 Å². The molecule has 0 bridgehead atoms. The van der Waals surface area contributed by atoms with Crippen LogP contribution in [0.4, 0.5) is 34.9 Å². The first-order valence-electron chi connectivity index (χ1n) is 9.92. The molecule has 2 N–H and O–H groups in total. The lowest BCUT2D eigenvalue weighted by Crippen LogP contribution is -2.10. The Balaban J connectivity index is 1.72. The topological polar surface area (TPSA) is 96.9 Å². The van der Waals surface area contributed by atoms with Crippen molar-refractivity contribution >= 4 is 27.2 Å². The molecule has 1 saturated carbocycles. The van der Waals surface area contributed by atoms with Gasteiger partial charge in [0, 0.05) is 24.6 Å². The molecule has 33 heavy (non-hydrogen) atoms. The van der Waals surface area contributed by atoms with Crippen molar-refractivity contribution in [2.24, 2.45) is 5.92 Å². The van der Waals surface area contributed by atoms with E-state index in [-0.39, 0.29) is 27.9 Å². The highest BCUT2D eigenvalue weighted by Gasteiger charge is 2.32. The average Bonchev–Trinajstić information content (AvgIpc) is 3.55. The molecular formula is C21H19F4N5O2S. The fourth-order valence-electron chi connectivity index (χ4n) is 3.00. The summed E-state index contributed by atoms with van der Waals surface area (Å²) in [5.74, 6) is 0.105. The minimum absolute atomic E-state index is 0.0795. The molecule has 4 rings (SSSR count). The van der Waals surface area contributed by atoms with Crippen molar-refractivity contribution in [2.45, 2.75) is 23.9 Å². The van der Waals surface area contributed by atoms with Gasteiger partial charge in [-0.1, -0.05) is 6.07 Å². The van der Waals surface area contributed by atoms with Gasteiger partial charge in [0.05, 0.1) is 4.90 Å². The number of hydrogen-bond acceptors (Lipinski definition) is 7. The number of nitrogens with one attached hydrogen (secondary N) is 2.